The minimum Gasteiger partial charge on any atom is -0.508 e. The van der Waals surface area contributed by atoms with Gasteiger partial charge in [0.05, 0.1) is 5.52 Å². The number of fused-ring (bicyclic) bond motifs is 1. The Morgan fingerprint density at radius 3 is 2.70 bits per heavy atom. The zero-order valence-electron chi connectivity index (χ0n) is 12.7. The number of rotatable bonds is 3. The highest BCUT2D eigenvalue weighted by Crippen LogP contribution is 2.33. The molecule has 0 saturated heterocycles. The Bertz CT molecular complexity index is 948. The number of phenols is 1. The van der Waals surface area contributed by atoms with Crippen molar-refractivity contribution in [2.24, 2.45) is 0 Å². The van der Waals surface area contributed by atoms with Gasteiger partial charge in [-0.25, -0.2) is 4.39 Å². The lowest BCUT2D eigenvalue weighted by atomic mass is 10.00. The van der Waals surface area contributed by atoms with Crippen molar-refractivity contribution in [1.29, 1.82) is 0 Å². The smallest absolute Gasteiger partial charge is 0.253 e. The molecule has 0 unspecified atom stereocenters. The average molecular weight is 312 g/mol. The van der Waals surface area contributed by atoms with Gasteiger partial charge >= 0.3 is 0 Å². The van der Waals surface area contributed by atoms with E-state index in [1.165, 1.54) is 24.3 Å². The van der Waals surface area contributed by atoms with Gasteiger partial charge in [0.15, 0.2) is 0 Å². The van der Waals surface area contributed by atoms with Crippen LogP contribution in [-0.4, -0.2) is 9.67 Å². The number of nitrogens with two attached hydrogens (primary N) is 1. The van der Waals surface area contributed by atoms with Gasteiger partial charge in [-0.05, 0) is 24.6 Å². The zero-order valence-corrected chi connectivity index (χ0v) is 12.7. The first kappa shape index (κ1) is 15.1. The van der Waals surface area contributed by atoms with Crippen LogP contribution < -0.4 is 11.3 Å². The summed E-state index contributed by atoms with van der Waals surface area (Å²) in [6.45, 7) is 2.47. The number of hydrogen-bond acceptors (Lipinski definition) is 3. The van der Waals surface area contributed by atoms with E-state index in [1.807, 2.05) is 6.92 Å². The number of aromatic nitrogens is 1. The van der Waals surface area contributed by atoms with Crippen LogP contribution in [-0.2, 0) is 6.54 Å². The van der Waals surface area contributed by atoms with E-state index in [9.17, 15) is 14.3 Å². The van der Waals surface area contributed by atoms with E-state index in [0.29, 0.717) is 28.7 Å². The van der Waals surface area contributed by atoms with Crippen LogP contribution in [0.4, 0.5) is 10.1 Å². The summed E-state index contributed by atoms with van der Waals surface area (Å²) in [6, 6.07) is 10.5. The number of aryl methyl sites for hydroxylation is 1. The Labute approximate surface area is 132 Å². The SMILES string of the molecule is CCCn1c(=O)cc(N)c2cccc(-c3cc(O)ccc3F)c21. The highest BCUT2D eigenvalue weighted by atomic mass is 19.1. The third-order valence-electron chi connectivity index (χ3n) is 3.85. The molecule has 1 heterocycles. The summed E-state index contributed by atoms with van der Waals surface area (Å²) in [4.78, 5) is 12.3. The number of para-hydroxylation sites is 1. The molecule has 0 aliphatic carbocycles. The summed E-state index contributed by atoms with van der Waals surface area (Å²) < 4.78 is 15.9. The Balaban J connectivity index is 2.46. The van der Waals surface area contributed by atoms with Crippen molar-refractivity contribution >= 4 is 16.6 Å². The van der Waals surface area contributed by atoms with E-state index < -0.39 is 5.82 Å². The zero-order chi connectivity index (χ0) is 16.6. The number of anilines is 1. The summed E-state index contributed by atoms with van der Waals surface area (Å²) in [7, 11) is 0. The van der Waals surface area contributed by atoms with Gasteiger partial charge in [-0.2, -0.15) is 0 Å². The molecule has 0 atom stereocenters. The average Bonchev–Trinajstić information content (AvgIpc) is 2.53. The first-order valence-corrected chi connectivity index (χ1v) is 7.44. The lowest BCUT2D eigenvalue weighted by molar-refractivity contribution is 0.473. The number of pyridine rings is 1. The van der Waals surface area contributed by atoms with Crippen molar-refractivity contribution < 1.29 is 9.50 Å². The number of nitrogen functional groups attached to an aromatic ring is 1. The molecular weight excluding hydrogens is 295 g/mol. The topological polar surface area (TPSA) is 68.2 Å². The van der Waals surface area contributed by atoms with Gasteiger partial charge in [-0.15, -0.1) is 0 Å². The van der Waals surface area contributed by atoms with Crippen molar-refractivity contribution in [3.05, 3.63) is 58.6 Å². The first-order valence-electron chi connectivity index (χ1n) is 7.44. The Morgan fingerprint density at radius 2 is 1.96 bits per heavy atom. The molecule has 0 radical (unpaired) electrons. The van der Waals surface area contributed by atoms with Gasteiger partial charge < -0.3 is 15.4 Å². The van der Waals surface area contributed by atoms with Crippen LogP contribution in [0.2, 0.25) is 0 Å². The van der Waals surface area contributed by atoms with E-state index >= 15 is 0 Å². The lowest BCUT2D eigenvalue weighted by Crippen LogP contribution is -2.21. The van der Waals surface area contributed by atoms with Crippen molar-refractivity contribution in [1.82, 2.24) is 4.57 Å². The third kappa shape index (κ3) is 2.54. The van der Waals surface area contributed by atoms with Crippen LogP contribution in [0.15, 0.2) is 47.3 Å². The van der Waals surface area contributed by atoms with Crippen LogP contribution in [0.25, 0.3) is 22.0 Å². The van der Waals surface area contributed by atoms with Crippen molar-refractivity contribution in [2.75, 3.05) is 5.73 Å². The highest BCUT2D eigenvalue weighted by Gasteiger charge is 2.15. The second-order valence-corrected chi connectivity index (χ2v) is 5.46. The molecule has 118 valence electrons. The molecule has 23 heavy (non-hydrogen) atoms. The Morgan fingerprint density at radius 1 is 1.17 bits per heavy atom. The van der Waals surface area contributed by atoms with E-state index in [2.05, 4.69) is 0 Å². The summed E-state index contributed by atoms with van der Waals surface area (Å²) in [5, 5.41) is 10.4. The highest BCUT2D eigenvalue weighted by molar-refractivity contribution is 6.00. The van der Waals surface area contributed by atoms with Crippen LogP contribution >= 0.6 is 0 Å². The minimum absolute atomic E-state index is 0.0355. The summed E-state index contributed by atoms with van der Waals surface area (Å²) in [5.74, 6) is -0.500. The molecule has 0 spiro atoms. The van der Waals surface area contributed by atoms with Gasteiger partial charge in [0.1, 0.15) is 11.6 Å². The van der Waals surface area contributed by atoms with Crippen LogP contribution in [0, 0.1) is 5.82 Å². The fraction of sp³-hybridized carbons (Fsp3) is 0.167. The molecule has 1 aromatic heterocycles. The molecule has 3 aromatic rings. The monoisotopic (exact) mass is 312 g/mol. The van der Waals surface area contributed by atoms with Gasteiger partial charge in [-0.1, -0.05) is 25.1 Å². The van der Waals surface area contributed by atoms with E-state index in [1.54, 1.807) is 22.8 Å². The second-order valence-electron chi connectivity index (χ2n) is 5.46. The molecule has 5 heteroatoms. The minimum atomic E-state index is -0.465. The standard InChI is InChI=1S/C18H17FN2O2/c1-2-8-21-17(23)10-16(20)13-5-3-4-12(18(13)21)14-9-11(22)6-7-15(14)19/h3-7,9-10,22H,2,8,20H2,1H3. The fourth-order valence-corrected chi connectivity index (χ4v) is 2.85. The van der Waals surface area contributed by atoms with Crippen molar-refractivity contribution in [3.8, 4) is 16.9 Å². The predicted octanol–water partition coefficient (Wildman–Crippen LogP) is 3.51. The van der Waals surface area contributed by atoms with E-state index in [-0.39, 0.29) is 16.9 Å². The quantitative estimate of drug-likeness (QED) is 0.777. The Hall–Kier alpha value is -2.82. The Kier molecular flexibility index (Phi) is 3.78. The number of phenolic OH excluding ortho intramolecular Hbond substituents is 1. The molecule has 0 aliphatic rings. The second kappa shape index (κ2) is 5.76. The maximum atomic E-state index is 14.3. The summed E-state index contributed by atoms with van der Waals surface area (Å²) in [5.41, 5.74) is 7.49. The third-order valence-corrected chi connectivity index (χ3v) is 3.85. The van der Waals surface area contributed by atoms with Gasteiger partial charge in [0.2, 0.25) is 0 Å². The van der Waals surface area contributed by atoms with Crippen molar-refractivity contribution in [3.63, 3.8) is 0 Å². The molecule has 0 amide bonds. The molecule has 2 aromatic carbocycles. The number of hydrogen-bond donors (Lipinski definition) is 2. The van der Waals surface area contributed by atoms with E-state index in [4.69, 9.17) is 5.73 Å². The number of halogens is 1. The fourth-order valence-electron chi connectivity index (χ4n) is 2.85. The molecule has 0 bridgehead atoms. The maximum Gasteiger partial charge on any atom is 0.253 e. The number of nitrogens with zero attached hydrogens (tertiary/aromatic N) is 1. The largest absolute Gasteiger partial charge is 0.508 e. The number of aromatic hydroxyl groups is 1. The van der Waals surface area contributed by atoms with Crippen molar-refractivity contribution in [2.45, 2.75) is 19.9 Å². The molecule has 0 aliphatic heterocycles. The predicted molar refractivity (Wildman–Crippen MR) is 90.0 cm³/mol. The molecule has 3 N–H and O–H groups in total. The molecular formula is C18H17FN2O2. The summed E-state index contributed by atoms with van der Waals surface area (Å²) >= 11 is 0. The van der Waals surface area contributed by atoms with Gasteiger partial charge in [0, 0.05) is 34.8 Å². The van der Waals surface area contributed by atoms with Crippen LogP contribution in [0.3, 0.4) is 0 Å². The molecule has 0 fully saturated rings. The first-order chi connectivity index (χ1) is 11.0. The maximum absolute atomic E-state index is 14.3. The molecule has 0 saturated carbocycles. The number of benzene rings is 2. The van der Waals surface area contributed by atoms with E-state index in [0.717, 1.165) is 6.42 Å². The molecule has 3 rings (SSSR count). The molecule has 4 nitrogen and oxygen atoms in total. The summed E-state index contributed by atoms with van der Waals surface area (Å²) in [6.07, 6.45) is 0.760. The lowest BCUT2D eigenvalue weighted by Gasteiger charge is -2.15. The van der Waals surface area contributed by atoms with Crippen LogP contribution in [0.5, 0.6) is 5.75 Å². The van der Waals surface area contributed by atoms with Crippen LogP contribution in [0.1, 0.15) is 13.3 Å². The van der Waals surface area contributed by atoms with Gasteiger partial charge in [-0.3, -0.25) is 4.79 Å². The van der Waals surface area contributed by atoms with Gasteiger partial charge in [0.25, 0.3) is 5.56 Å². The normalized spacial score (nSPS) is 11.0.